The molecule has 1 aromatic heterocycles. The summed E-state index contributed by atoms with van der Waals surface area (Å²) in [6.45, 7) is 6.58. The van der Waals surface area contributed by atoms with Gasteiger partial charge in [-0.2, -0.15) is 0 Å². The van der Waals surface area contributed by atoms with Crippen molar-refractivity contribution >= 4 is 140 Å². The lowest BCUT2D eigenvalue weighted by atomic mass is 9.93. The van der Waals surface area contributed by atoms with Crippen LogP contribution >= 0.6 is 32.0 Å². The number of hydrogen-bond acceptors (Lipinski definition) is 11. The number of hydrogen-bond donors (Lipinski definition) is 0. The van der Waals surface area contributed by atoms with Gasteiger partial charge in [-0.05, 0) is 132 Å². The number of carbonyl (C=O) groups is 1. The largest absolute Gasteiger partial charge is 0.496 e. The van der Waals surface area contributed by atoms with Gasteiger partial charge in [0.1, 0.15) is 57.0 Å². The Morgan fingerprint density at radius 3 is 1.12 bits per heavy atom. The second-order valence-corrected chi connectivity index (χ2v) is 34.8. The molecule has 12 nitrogen and oxygen atoms in total. The maximum Gasteiger partial charge on any atom is 0.453 e. The highest BCUT2D eigenvalue weighted by molar-refractivity contribution is 7.80. The monoisotopic (exact) mass is 1490 g/mol. The van der Waals surface area contributed by atoms with Gasteiger partial charge in [-0.3, -0.25) is 0 Å². The molecular formula is C91H81NO11P4. The van der Waals surface area contributed by atoms with Crippen LogP contribution in [0.25, 0.3) is 76.2 Å². The molecule has 0 saturated carbocycles. The Bertz CT molecular complexity index is 5460. The SMILES string of the molecule is COc1cc(OC)c(P(c2ccccc2)[C@@H]2CN(C(=O)OC(C)(C)C)C[C@H]2P(c2ccccc2)c2c(OC)cc(OC)cc2OC)c(OC)c1.c1ccc(P(c2ccccc2)c2ccc3ccccc3c2-c2c(Op3oc4ccc5ccccc5c4c4c(ccc5ccccc54)o3)ccc3ccccc23)cc1. The fourth-order valence-electron chi connectivity index (χ4n) is 14.7. The van der Waals surface area contributed by atoms with Crippen molar-refractivity contribution in [3.05, 3.63) is 291 Å². The van der Waals surface area contributed by atoms with E-state index in [1.165, 1.54) is 26.7 Å². The van der Waals surface area contributed by atoms with Crippen molar-refractivity contribution < 1.29 is 50.9 Å². The number of ether oxygens (including phenoxy) is 7. The van der Waals surface area contributed by atoms with Crippen molar-refractivity contribution in [3.8, 4) is 51.4 Å². The van der Waals surface area contributed by atoms with E-state index in [4.69, 9.17) is 46.1 Å². The van der Waals surface area contributed by atoms with E-state index in [2.05, 4.69) is 255 Å². The Morgan fingerprint density at radius 1 is 0.383 bits per heavy atom. The zero-order valence-electron chi connectivity index (χ0n) is 61.0. The molecule has 0 bridgehead atoms. The quantitative estimate of drug-likeness (QED) is 0.0764. The molecule has 0 aliphatic carbocycles. The molecule has 16 rings (SSSR count). The van der Waals surface area contributed by atoms with E-state index in [-0.39, 0.29) is 17.4 Å². The normalized spacial score (nSPS) is 14.2. The third-order valence-corrected chi connectivity index (χ3v) is 29.1. The Labute approximate surface area is 628 Å². The van der Waals surface area contributed by atoms with E-state index in [0.29, 0.717) is 53.3 Å². The smallest absolute Gasteiger partial charge is 0.453 e. The molecule has 14 aromatic carbocycles. The summed E-state index contributed by atoms with van der Waals surface area (Å²) in [7, 11) is 4.49. The molecule has 2 heterocycles. The number of likely N-dealkylation sites (tertiary alicyclic amines) is 1. The summed E-state index contributed by atoms with van der Waals surface area (Å²) in [6.07, 6.45) is -0.349. The topological polar surface area (TPSA) is 120 Å². The van der Waals surface area contributed by atoms with Gasteiger partial charge in [-0.1, -0.05) is 249 Å². The first-order valence-corrected chi connectivity index (χ1v) is 40.7. The molecule has 16 heteroatoms. The first-order chi connectivity index (χ1) is 52.3. The molecule has 0 radical (unpaired) electrons. The van der Waals surface area contributed by atoms with Crippen molar-refractivity contribution in [1.82, 2.24) is 4.90 Å². The predicted octanol–water partition coefficient (Wildman–Crippen LogP) is 20.5. The van der Waals surface area contributed by atoms with Crippen molar-refractivity contribution in [2.24, 2.45) is 0 Å². The molecule has 1 aliphatic rings. The van der Waals surface area contributed by atoms with Crippen molar-refractivity contribution in [3.63, 3.8) is 0 Å². The van der Waals surface area contributed by atoms with Gasteiger partial charge in [0.2, 0.25) is 0 Å². The lowest BCUT2D eigenvalue weighted by molar-refractivity contribution is 0.0296. The van der Waals surface area contributed by atoms with Crippen LogP contribution in [0.3, 0.4) is 0 Å². The first-order valence-electron chi connectivity index (χ1n) is 35.4. The zero-order chi connectivity index (χ0) is 73.7. The standard InChI is InChI=1S/C52H34O3P2.C39H47NO8P2/c1-3-19-39(20-4-1)56(40-21-5-2-6-22-40)48-34-30-38-18-10-14-26-44(38)52(48)51-43-25-13-9-17-37(43)29-33-47(51)55-57-53-45-31-27-35-15-7-11-23-41(35)49(45)50-42-24-12-8-16-36(42)28-32-46(50)54-57;1-39(2,3)48-38(41)40-24-34(49(28-16-12-10-13-17-28)36-30(44-6)20-26(42-4)21-31(36)45-7)35(25-40)50(29-18-14-11-15-19-29)37-32(46-8)22-27(43-5)23-33(37)47-9/h1-34H;10-23,34-35H,24-25H2,1-9H3/t;34-,35-,49?,50?/m.1/s1. The van der Waals surface area contributed by atoms with Crippen LogP contribution in [0, 0.1) is 0 Å². The lowest BCUT2D eigenvalue weighted by Crippen LogP contribution is -2.36. The van der Waals surface area contributed by atoms with E-state index in [1.807, 2.05) is 62.1 Å². The Balaban J connectivity index is 0.000000173. The number of nitrogens with zero attached hydrogens (tertiary/aromatic N) is 1. The van der Waals surface area contributed by atoms with E-state index in [1.54, 1.807) is 42.7 Å². The second-order valence-electron chi connectivity index (χ2n) is 26.9. The minimum Gasteiger partial charge on any atom is -0.496 e. The van der Waals surface area contributed by atoms with Crippen LogP contribution < -0.4 is 70.1 Å². The summed E-state index contributed by atoms with van der Waals surface area (Å²) in [5, 5.41) is 19.0. The van der Waals surface area contributed by atoms with E-state index in [0.717, 1.165) is 86.6 Å². The molecule has 2 unspecified atom stereocenters. The van der Waals surface area contributed by atoms with Crippen LogP contribution in [0.2, 0.25) is 0 Å². The highest BCUT2D eigenvalue weighted by Crippen LogP contribution is 2.59. The summed E-state index contributed by atoms with van der Waals surface area (Å²) < 4.78 is 62.8. The number of carbonyl (C=O) groups excluding carboxylic acids is 1. The summed E-state index contributed by atoms with van der Waals surface area (Å²) >= 11 is 0. The lowest BCUT2D eigenvalue weighted by Gasteiger charge is -2.36. The summed E-state index contributed by atoms with van der Waals surface area (Å²) in [5.41, 5.74) is 2.82. The minimum absolute atomic E-state index is 0.0843. The van der Waals surface area contributed by atoms with Gasteiger partial charge in [0.05, 0.1) is 53.3 Å². The highest BCUT2D eigenvalue weighted by atomic mass is 31.1. The summed E-state index contributed by atoms with van der Waals surface area (Å²) in [6, 6.07) is 102. The molecule has 536 valence electrons. The Kier molecular flexibility index (Phi) is 21.3. The van der Waals surface area contributed by atoms with Crippen molar-refractivity contribution in [1.29, 1.82) is 0 Å². The molecule has 1 aliphatic heterocycles. The number of rotatable bonds is 18. The molecule has 4 atom stereocenters. The maximum atomic E-state index is 14.0. The van der Waals surface area contributed by atoms with Crippen LogP contribution in [-0.2, 0) is 4.74 Å². The Hall–Kier alpha value is -10.8. The molecule has 107 heavy (non-hydrogen) atoms. The van der Waals surface area contributed by atoms with Gasteiger partial charge in [0.15, 0.2) is 0 Å². The highest BCUT2D eigenvalue weighted by Gasteiger charge is 2.49. The number of methoxy groups -OCH3 is 6. The van der Waals surface area contributed by atoms with Crippen molar-refractivity contribution in [2.75, 3.05) is 55.7 Å². The molecule has 15 aromatic rings. The molecular weight excluding hydrogens is 1410 g/mol. The number of fused-ring (bicyclic) bond motifs is 9. The Morgan fingerprint density at radius 2 is 0.729 bits per heavy atom. The fraction of sp³-hybridized carbons (Fsp3) is 0.154. The molecule has 1 amide bonds. The molecule has 1 fully saturated rings. The summed E-state index contributed by atoms with van der Waals surface area (Å²) in [4.78, 5) is 15.9. The van der Waals surface area contributed by atoms with Crippen LogP contribution in [0.5, 0.6) is 40.2 Å². The molecule has 0 N–H and O–H groups in total. The zero-order valence-corrected chi connectivity index (χ0v) is 64.6. The van der Waals surface area contributed by atoms with Gasteiger partial charge in [0, 0.05) is 70.6 Å². The first kappa shape index (κ1) is 71.8. The van der Waals surface area contributed by atoms with Crippen LogP contribution in [0.4, 0.5) is 4.79 Å². The maximum absolute atomic E-state index is 14.0. The predicted molar refractivity (Wildman–Crippen MR) is 446 cm³/mol. The molecule has 1 saturated heterocycles. The third-order valence-electron chi connectivity index (χ3n) is 19.4. The van der Waals surface area contributed by atoms with E-state index < -0.39 is 37.6 Å². The number of amides is 1. The number of benzene rings is 14. The van der Waals surface area contributed by atoms with Gasteiger partial charge >= 0.3 is 14.3 Å². The average Bonchev–Trinajstić information content (AvgIpc) is 1.73. The van der Waals surface area contributed by atoms with Crippen LogP contribution in [0.1, 0.15) is 20.8 Å². The van der Waals surface area contributed by atoms with Gasteiger partial charge in [-0.25, -0.2) is 4.79 Å². The van der Waals surface area contributed by atoms with Crippen LogP contribution in [-0.4, -0.2) is 83.7 Å². The van der Waals surface area contributed by atoms with Gasteiger partial charge in [0.25, 0.3) is 0 Å². The second kappa shape index (κ2) is 31.7. The average molecular weight is 1490 g/mol. The minimum atomic E-state index is -1.97. The van der Waals surface area contributed by atoms with Gasteiger partial charge < -0.3 is 51.0 Å². The van der Waals surface area contributed by atoms with E-state index in [9.17, 15) is 4.79 Å². The van der Waals surface area contributed by atoms with Gasteiger partial charge in [-0.15, -0.1) is 0 Å². The van der Waals surface area contributed by atoms with Crippen molar-refractivity contribution in [2.45, 2.75) is 37.7 Å². The third kappa shape index (κ3) is 14.6. The van der Waals surface area contributed by atoms with E-state index >= 15 is 0 Å². The van der Waals surface area contributed by atoms with Crippen LogP contribution in [0.15, 0.2) is 300 Å². The fourth-order valence-corrected chi connectivity index (χ4v) is 25.1. The molecule has 0 spiro atoms. The summed E-state index contributed by atoms with van der Waals surface area (Å²) in [5.74, 6) is 4.61.